The predicted octanol–water partition coefficient (Wildman–Crippen LogP) is 2.58. The third-order valence-corrected chi connectivity index (χ3v) is 3.37. The van der Waals surface area contributed by atoms with E-state index in [4.69, 9.17) is 5.73 Å². The molecule has 3 nitrogen and oxygen atoms in total. The van der Waals surface area contributed by atoms with Crippen molar-refractivity contribution < 1.29 is 0 Å². The summed E-state index contributed by atoms with van der Waals surface area (Å²) in [6, 6.07) is 6.01. The Balaban J connectivity index is 0.00000128. The quantitative estimate of drug-likeness (QED) is 0.811. The van der Waals surface area contributed by atoms with Crippen molar-refractivity contribution in [3.05, 3.63) is 22.8 Å². The monoisotopic (exact) mass is 305 g/mol. The van der Waals surface area contributed by atoms with E-state index in [-0.39, 0.29) is 17.9 Å². The Morgan fingerprint density at radius 1 is 1.38 bits per heavy atom. The SMILES string of the molecule is CC1(N)CCN(c2cccc(Br)n2)CC1.Cl. The number of pyridine rings is 1. The zero-order chi connectivity index (χ0) is 10.9. The highest BCUT2D eigenvalue weighted by molar-refractivity contribution is 9.10. The van der Waals surface area contributed by atoms with Gasteiger partial charge in [0, 0.05) is 18.6 Å². The fourth-order valence-corrected chi connectivity index (χ4v) is 2.15. The molecule has 0 spiro atoms. The average molecular weight is 307 g/mol. The third-order valence-electron chi connectivity index (χ3n) is 2.93. The first-order valence-corrected chi connectivity index (χ1v) is 6.03. The number of hydrogen-bond donors (Lipinski definition) is 1. The molecule has 2 N–H and O–H groups in total. The second kappa shape index (κ2) is 5.34. The molecule has 0 aromatic carbocycles. The van der Waals surface area contributed by atoms with E-state index in [1.165, 1.54) is 0 Å². The molecule has 2 heterocycles. The highest BCUT2D eigenvalue weighted by atomic mass is 79.9. The Labute approximate surface area is 111 Å². The number of piperidine rings is 1. The standard InChI is InChI=1S/C11H16BrN3.ClH/c1-11(13)5-7-15(8-6-11)10-4-2-3-9(12)14-10;/h2-4H,5-8,13H2,1H3;1H. The molecule has 0 amide bonds. The van der Waals surface area contributed by atoms with Gasteiger partial charge < -0.3 is 10.6 Å². The van der Waals surface area contributed by atoms with E-state index in [2.05, 4.69) is 32.7 Å². The number of nitrogens with two attached hydrogens (primary N) is 1. The van der Waals surface area contributed by atoms with Crippen LogP contribution in [-0.4, -0.2) is 23.6 Å². The largest absolute Gasteiger partial charge is 0.356 e. The highest BCUT2D eigenvalue weighted by Gasteiger charge is 2.26. The number of aromatic nitrogens is 1. The van der Waals surface area contributed by atoms with Gasteiger partial charge in [0.25, 0.3) is 0 Å². The van der Waals surface area contributed by atoms with E-state index in [0.717, 1.165) is 36.4 Å². The molecular formula is C11H17BrClN3. The molecule has 0 saturated carbocycles. The van der Waals surface area contributed by atoms with Gasteiger partial charge >= 0.3 is 0 Å². The summed E-state index contributed by atoms with van der Waals surface area (Å²) >= 11 is 3.39. The fourth-order valence-electron chi connectivity index (χ4n) is 1.82. The first-order chi connectivity index (χ1) is 7.07. The third kappa shape index (κ3) is 3.34. The molecule has 90 valence electrons. The molecule has 16 heavy (non-hydrogen) atoms. The lowest BCUT2D eigenvalue weighted by molar-refractivity contribution is 0.363. The van der Waals surface area contributed by atoms with Gasteiger partial charge in [-0.3, -0.25) is 0 Å². The number of rotatable bonds is 1. The average Bonchev–Trinajstić information content (AvgIpc) is 2.17. The van der Waals surface area contributed by atoms with Crippen LogP contribution in [0.4, 0.5) is 5.82 Å². The minimum atomic E-state index is 0. The van der Waals surface area contributed by atoms with Crippen molar-refractivity contribution >= 4 is 34.2 Å². The van der Waals surface area contributed by atoms with Crippen LogP contribution < -0.4 is 10.6 Å². The zero-order valence-electron chi connectivity index (χ0n) is 9.32. The van der Waals surface area contributed by atoms with Crippen molar-refractivity contribution in [1.29, 1.82) is 0 Å². The molecule has 1 aliphatic heterocycles. The molecule has 1 saturated heterocycles. The first kappa shape index (κ1) is 13.7. The van der Waals surface area contributed by atoms with E-state index < -0.39 is 0 Å². The summed E-state index contributed by atoms with van der Waals surface area (Å²) in [4.78, 5) is 6.74. The second-order valence-electron chi connectivity index (χ2n) is 4.46. The Morgan fingerprint density at radius 3 is 2.56 bits per heavy atom. The van der Waals surface area contributed by atoms with E-state index >= 15 is 0 Å². The summed E-state index contributed by atoms with van der Waals surface area (Å²) < 4.78 is 0.890. The van der Waals surface area contributed by atoms with E-state index in [1.54, 1.807) is 0 Å². The molecule has 1 aliphatic rings. The summed E-state index contributed by atoms with van der Waals surface area (Å²) in [5.41, 5.74) is 6.09. The lowest BCUT2D eigenvalue weighted by Gasteiger charge is -2.37. The molecule has 0 aliphatic carbocycles. The van der Waals surface area contributed by atoms with Crippen molar-refractivity contribution in [3.8, 4) is 0 Å². The van der Waals surface area contributed by atoms with Gasteiger partial charge in [-0.15, -0.1) is 12.4 Å². The van der Waals surface area contributed by atoms with Gasteiger partial charge in [-0.1, -0.05) is 6.07 Å². The Hall–Kier alpha value is -0.320. The lowest BCUT2D eigenvalue weighted by atomic mass is 9.91. The van der Waals surface area contributed by atoms with Crippen molar-refractivity contribution in [2.75, 3.05) is 18.0 Å². The summed E-state index contributed by atoms with van der Waals surface area (Å²) in [7, 11) is 0. The van der Waals surface area contributed by atoms with Crippen molar-refractivity contribution in [3.63, 3.8) is 0 Å². The summed E-state index contributed by atoms with van der Waals surface area (Å²) in [6.45, 7) is 4.12. The van der Waals surface area contributed by atoms with Crippen LogP contribution in [0.2, 0.25) is 0 Å². The second-order valence-corrected chi connectivity index (χ2v) is 5.27. The number of halogens is 2. The number of nitrogens with zero attached hydrogens (tertiary/aromatic N) is 2. The van der Waals surface area contributed by atoms with Crippen LogP contribution in [0.5, 0.6) is 0 Å². The van der Waals surface area contributed by atoms with Gasteiger partial charge in [-0.05, 0) is 47.8 Å². The van der Waals surface area contributed by atoms with Crippen LogP contribution in [0.25, 0.3) is 0 Å². The maximum Gasteiger partial charge on any atom is 0.129 e. The van der Waals surface area contributed by atoms with Crippen LogP contribution in [0.3, 0.4) is 0 Å². The van der Waals surface area contributed by atoms with Gasteiger partial charge in [-0.2, -0.15) is 0 Å². The molecule has 1 aromatic heterocycles. The molecule has 5 heteroatoms. The first-order valence-electron chi connectivity index (χ1n) is 5.23. The topological polar surface area (TPSA) is 42.1 Å². The van der Waals surface area contributed by atoms with Crippen LogP contribution in [0.15, 0.2) is 22.8 Å². The Morgan fingerprint density at radius 2 is 2.00 bits per heavy atom. The smallest absolute Gasteiger partial charge is 0.129 e. The maximum atomic E-state index is 6.09. The van der Waals surface area contributed by atoms with Crippen molar-refractivity contribution in [1.82, 2.24) is 4.98 Å². The van der Waals surface area contributed by atoms with Gasteiger partial charge in [0.1, 0.15) is 10.4 Å². The molecular weight excluding hydrogens is 289 g/mol. The van der Waals surface area contributed by atoms with Gasteiger partial charge in [0.2, 0.25) is 0 Å². The van der Waals surface area contributed by atoms with E-state index in [1.807, 2.05) is 18.2 Å². The van der Waals surface area contributed by atoms with E-state index in [0.29, 0.717) is 0 Å². The minimum absolute atomic E-state index is 0. The lowest BCUT2D eigenvalue weighted by Crippen LogP contribution is -2.48. The van der Waals surface area contributed by atoms with Crippen molar-refractivity contribution in [2.24, 2.45) is 5.73 Å². The fraction of sp³-hybridized carbons (Fsp3) is 0.545. The van der Waals surface area contributed by atoms with Crippen LogP contribution >= 0.6 is 28.3 Å². The normalized spacial score (nSPS) is 19.1. The Kier molecular flexibility index (Phi) is 4.59. The molecule has 0 atom stereocenters. The maximum absolute atomic E-state index is 6.09. The minimum Gasteiger partial charge on any atom is -0.356 e. The van der Waals surface area contributed by atoms with E-state index in [9.17, 15) is 0 Å². The van der Waals surface area contributed by atoms with Gasteiger partial charge in [0.15, 0.2) is 0 Å². The predicted molar refractivity (Wildman–Crippen MR) is 73.2 cm³/mol. The number of anilines is 1. The molecule has 2 rings (SSSR count). The summed E-state index contributed by atoms with van der Waals surface area (Å²) in [5.74, 6) is 1.04. The van der Waals surface area contributed by atoms with Gasteiger partial charge in [-0.25, -0.2) is 4.98 Å². The zero-order valence-corrected chi connectivity index (χ0v) is 11.7. The Bertz CT molecular complexity index is 347. The molecule has 0 radical (unpaired) electrons. The van der Waals surface area contributed by atoms with Crippen LogP contribution in [0.1, 0.15) is 19.8 Å². The van der Waals surface area contributed by atoms with Gasteiger partial charge in [0.05, 0.1) is 0 Å². The van der Waals surface area contributed by atoms with Crippen LogP contribution in [-0.2, 0) is 0 Å². The highest BCUT2D eigenvalue weighted by Crippen LogP contribution is 2.23. The summed E-state index contributed by atoms with van der Waals surface area (Å²) in [5, 5.41) is 0. The molecule has 0 bridgehead atoms. The summed E-state index contributed by atoms with van der Waals surface area (Å²) in [6.07, 6.45) is 2.06. The molecule has 0 unspecified atom stereocenters. The van der Waals surface area contributed by atoms with Crippen LogP contribution in [0, 0.1) is 0 Å². The van der Waals surface area contributed by atoms with Crippen molar-refractivity contribution in [2.45, 2.75) is 25.3 Å². The molecule has 1 aromatic rings. The number of hydrogen-bond acceptors (Lipinski definition) is 3. The molecule has 1 fully saturated rings.